The normalized spacial score (nSPS) is 22.7. The molecule has 1 saturated carbocycles. The van der Waals surface area contributed by atoms with Crippen LogP contribution in [0.15, 0.2) is 24.3 Å². The minimum atomic E-state index is -0.0720. The molecule has 2 aliphatic rings. The first-order valence-corrected chi connectivity index (χ1v) is 7.17. The van der Waals surface area contributed by atoms with Crippen LogP contribution in [0.2, 0.25) is 5.02 Å². The van der Waals surface area contributed by atoms with Gasteiger partial charge >= 0.3 is 0 Å². The van der Waals surface area contributed by atoms with Crippen molar-refractivity contribution < 1.29 is 4.79 Å². The lowest BCUT2D eigenvalue weighted by Crippen LogP contribution is -2.36. The molecule has 3 heteroatoms. The summed E-state index contributed by atoms with van der Waals surface area (Å²) >= 11 is 6.20. The molecule has 1 spiro atoms. The van der Waals surface area contributed by atoms with Gasteiger partial charge in [0.2, 0.25) is 5.91 Å². The van der Waals surface area contributed by atoms with E-state index in [9.17, 15) is 4.79 Å². The van der Waals surface area contributed by atoms with Gasteiger partial charge < -0.3 is 4.90 Å². The van der Waals surface area contributed by atoms with Crippen LogP contribution in [0.3, 0.4) is 0 Å². The number of hydrogen-bond acceptors (Lipinski definition) is 1. The summed E-state index contributed by atoms with van der Waals surface area (Å²) in [6.07, 6.45) is 6.79. The topological polar surface area (TPSA) is 20.3 Å². The number of amides is 1. The Balaban J connectivity index is 1.89. The highest BCUT2D eigenvalue weighted by Crippen LogP contribution is 2.46. The van der Waals surface area contributed by atoms with Crippen molar-refractivity contribution in [2.24, 2.45) is 5.41 Å². The lowest BCUT2D eigenvalue weighted by Gasteiger charge is -2.31. The molecule has 1 aliphatic heterocycles. The average Bonchev–Trinajstić information content (AvgIpc) is 2.69. The average molecular weight is 264 g/mol. The number of para-hydroxylation sites is 1. The van der Waals surface area contributed by atoms with Crippen LogP contribution in [-0.4, -0.2) is 12.5 Å². The molecule has 0 N–H and O–H groups in total. The first-order valence-electron chi connectivity index (χ1n) is 6.79. The Morgan fingerprint density at radius 3 is 2.50 bits per heavy atom. The standard InChI is InChI=1S/C15H18ClNO/c16-12-6-2-3-7-13(12)17-11-10-15(14(17)18)8-4-1-5-9-15/h2-3,6-7H,1,4-5,8-11H2. The molecule has 1 aromatic rings. The van der Waals surface area contributed by atoms with Gasteiger partial charge in [0.15, 0.2) is 0 Å². The summed E-state index contributed by atoms with van der Waals surface area (Å²) in [6, 6.07) is 7.65. The van der Waals surface area contributed by atoms with Gasteiger partial charge in [-0.15, -0.1) is 0 Å². The third kappa shape index (κ3) is 1.83. The maximum absolute atomic E-state index is 12.7. The zero-order valence-corrected chi connectivity index (χ0v) is 11.2. The van der Waals surface area contributed by atoms with E-state index in [1.54, 1.807) is 0 Å². The molecule has 0 atom stereocenters. The van der Waals surface area contributed by atoms with E-state index in [1.165, 1.54) is 19.3 Å². The summed E-state index contributed by atoms with van der Waals surface area (Å²) in [5.74, 6) is 0.301. The van der Waals surface area contributed by atoms with Crippen molar-refractivity contribution in [2.75, 3.05) is 11.4 Å². The van der Waals surface area contributed by atoms with Crippen LogP contribution in [0.1, 0.15) is 38.5 Å². The summed E-state index contributed by atoms with van der Waals surface area (Å²) in [4.78, 5) is 14.6. The van der Waals surface area contributed by atoms with E-state index >= 15 is 0 Å². The van der Waals surface area contributed by atoms with Crippen LogP contribution >= 0.6 is 11.6 Å². The summed E-state index contributed by atoms with van der Waals surface area (Å²) in [5.41, 5.74) is 0.809. The van der Waals surface area contributed by atoms with Crippen LogP contribution in [0.25, 0.3) is 0 Å². The second kappa shape index (κ2) is 4.58. The van der Waals surface area contributed by atoms with Crippen molar-refractivity contribution in [2.45, 2.75) is 38.5 Å². The van der Waals surface area contributed by atoms with Gasteiger partial charge in [0.05, 0.1) is 16.1 Å². The molecule has 2 nitrogen and oxygen atoms in total. The van der Waals surface area contributed by atoms with Gasteiger partial charge in [-0.1, -0.05) is 43.0 Å². The minimum absolute atomic E-state index is 0.0720. The fourth-order valence-corrected chi connectivity index (χ4v) is 3.65. The van der Waals surface area contributed by atoms with Crippen LogP contribution < -0.4 is 4.90 Å². The van der Waals surface area contributed by atoms with Crippen molar-refractivity contribution in [3.63, 3.8) is 0 Å². The van der Waals surface area contributed by atoms with Gasteiger partial charge in [-0.2, -0.15) is 0 Å². The molecule has 1 aromatic carbocycles. The molecular formula is C15H18ClNO. The highest BCUT2D eigenvalue weighted by atomic mass is 35.5. The number of rotatable bonds is 1. The Morgan fingerprint density at radius 2 is 1.78 bits per heavy atom. The first-order chi connectivity index (χ1) is 8.73. The van der Waals surface area contributed by atoms with E-state index in [0.717, 1.165) is 31.5 Å². The number of benzene rings is 1. The molecule has 3 rings (SSSR count). The molecule has 18 heavy (non-hydrogen) atoms. The maximum atomic E-state index is 12.7. The minimum Gasteiger partial charge on any atom is -0.310 e. The smallest absolute Gasteiger partial charge is 0.233 e. The predicted molar refractivity (Wildman–Crippen MR) is 73.9 cm³/mol. The third-order valence-electron chi connectivity index (χ3n) is 4.47. The van der Waals surface area contributed by atoms with E-state index in [2.05, 4.69) is 0 Å². The van der Waals surface area contributed by atoms with E-state index in [-0.39, 0.29) is 5.41 Å². The lowest BCUT2D eigenvalue weighted by atomic mass is 9.73. The number of carbonyl (C=O) groups excluding carboxylic acids is 1. The first kappa shape index (κ1) is 12.0. The molecule has 96 valence electrons. The second-order valence-electron chi connectivity index (χ2n) is 5.50. The van der Waals surface area contributed by atoms with Gasteiger partial charge in [-0.25, -0.2) is 0 Å². The highest BCUT2D eigenvalue weighted by Gasteiger charge is 2.47. The number of nitrogens with zero attached hydrogens (tertiary/aromatic N) is 1. The molecule has 2 fully saturated rings. The molecule has 0 bridgehead atoms. The van der Waals surface area contributed by atoms with E-state index in [1.807, 2.05) is 29.2 Å². The third-order valence-corrected chi connectivity index (χ3v) is 4.79. The molecule has 1 amide bonds. The fraction of sp³-hybridized carbons (Fsp3) is 0.533. The van der Waals surface area contributed by atoms with Crippen molar-refractivity contribution in [1.29, 1.82) is 0 Å². The fourth-order valence-electron chi connectivity index (χ4n) is 3.41. The number of halogens is 1. The molecule has 0 aromatic heterocycles. The van der Waals surface area contributed by atoms with Gasteiger partial charge in [0, 0.05) is 6.54 Å². The summed E-state index contributed by atoms with van der Waals surface area (Å²) < 4.78 is 0. The molecular weight excluding hydrogens is 246 g/mol. The molecule has 1 aliphatic carbocycles. The zero-order valence-electron chi connectivity index (χ0n) is 10.5. The molecule has 0 radical (unpaired) electrons. The number of carbonyl (C=O) groups is 1. The van der Waals surface area contributed by atoms with Crippen LogP contribution in [0, 0.1) is 5.41 Å². The van der Waals surface area contributed by atoms with Crippen molar-refractivity contribution in [3.05, 3.63) is 29.3 Å². The Labute approximate surface area is 113 Å². The quantitative estimate of drug-likeness (QED) is 0.749. The van der Waals surface area contributed by atoms with E-state index in [0.29, 0.717) is 10.9 Å². The van der Waals surface area contributed by atoms with Gasteiger partial charge in [-0.05, 0) is 31.4 Å². The van der Waals surface area contributed by atoms with E-state index < -0.39 is 0 Å². The molecule has 0 unspecified atom stereocenters. The zero-order chi connectivity index (χ0) is 12.6. The lowest BCUT2D eigenvalue weighted by molar-refractivity contribution is -0.127. The van der Waals surface area contributed by atoms with Crippen LogP contribution in [0.4, 0.5) is 5.69 Å². The van der Waals surface area contributed by atoms with Gasteiger partial charge in [0.1, 0.15) is 0 Å². The molecule has 1 heterocycles. The van der Waals surface area contributed by atoms with Crippen molar-refractivity contribution >= 4 is 23.2 Å². The maximum Gasteiger partial charge on any atom is 0.233 e. The number of hydrogen-bond donors (Lipinski definition) is 0. The van der Waals surface area contributed by atoms with Crippen LogP contribution in [0.5, 0.6) is 0 Å². The summed E-state index contributed by atoms with van der Waals surface area (Å²) in [6.45, 7) is 0.822. The summed E-state index contributed by atoms with van der Waals surface area (Å²) in [5, 5.41) is 0.679. The Hall–Kier alpha value is -1.02. The number of anilines is 1. The van der Waals surface area contributed by atoms with Crippen LogP contribution in [-0.2, 0) is 4.79 Å². The Morgan fingerprint density at radius 1 is 1.06 bits per heavy atom. The van der Waals surface area contributed by atoms with Gasteiger partial charge in [-0.3, -0.25) is 4.79 Å². The van der Waals surface area contributed by atoms with E-state index in [4.69, 9.17) is 11.6 Å². The SMILES string of the molecule is O=C1N(c2ccccc2Cl)CCC12CCCCC2. The van der Waals surface area contributed by atoms with Crippen molar-refractivity contribution in [3.8, 4) is 0 Å². The Kier molecular flexibility index (Phi) is 3.06. The van der Waals surface area contributed by atoms with Gasteiger partial charge in [0.25, 0.3) is 0 Å². The second-order valence-corrected chi connectivity index (χ2v) is 5.91. The molecule has 1 saturated heterocycles. The van der Waals surface area contributed by atoms with Crippen molar-refractivity contribution in [1.82, 2.24) is 0 Å². The highest BCUT2D eigenvalue weighted by molar-refractivity contribution is 6.33. The largest absolute Gasteiger partial charge is 0.310 e. The summed E-state index contributed by atoms with van der Waals surface area (Å²) in [7, 11) is 0. The predicted octanol–water partition coefficient (Wildman–Crippen LogP) is 4.03. The Bertz CT molecular complexity index is 465. The monoisotopic (exact) mass is 263 g/mol.